The first-order valence-electron chi connectivity index (χ1n) is 8.51. The molecule has 148 valence electrons. The molecule has 0 spiro atoms. The molecule has 0 unspecified atom stereocenters. The lowest BCUT2D eigenvalue weighted by Crippen LogP contribution is -2.48. The average Bonchev–Trinajstić information content (AvgIpc) is 2.58. The van der Waals surface area contributed by atoms with Gasteiger partial charge in [0.25, 0.3) is 0 Å². The number of hydrogen-bond donors (Lipinski definition) is 0. The quantitative estimate of drug-likeness (QED) is 0.646. The predicted molar refractivity (Wildman–Crippen MR) is 96.8 cm³/mol. The first-order chi connectivity index (χ1) is 12.2. The van der Waals surface area contributed by atoms with Crippen LogP contribution in [-0.2, 0) is 16.2 Å². The molecule has 0 atom stereocenters. The van der Waals surface area contributed by atoms with E-state index in [2.05, 4.69) is 16.8 Å². The SMILES string of the molecule is CCSCCCN1CCN(S(=O)(=O)c2ccc(C(F)(F)F)nc2C)CC1. The van der Waals surface area contributed by atoms with Gasteiger partial charge in [-0.05, 0) is 43.5 Å². The number of hydrogen-bond acceptors (Lipinski definition) is 5. The third-order valence-electron chi connectivity index (χ3n) is 4.24. The van der Waals surface area contributed by atoms with Crippen molar-refractivity contribution in [3.05, 3.63) is 23.5 Å². The standard InChI is InChI=1S/C16H24F3N3O2S2/c1-3-25-12-4-7-21-8-10-22(11-9-21)26(23,24)14-5-6-15(16(17,18)19)20-13(14)2/h5-6H,3-4,7-12H2,1-2H3. The van der Waals surface area contributed by atoms with E-state index < -0.39 is 21.9 Å². The third-order valence-corrected chi connectivity index (χ3v) is 7.26. The van der Waals surface area contributed by atoms with Crippen molar-refractivity contribution in [2.45, 2.75) is 31.3 Å². The van der Waals surface area contributed by atoms with Gasteiger partial charge < -0.3 is 4.90 Å². The van der Waals surface area contributed by atoms with Crippen molar-refractivity contribution in [3.8, 4) is 0 Å². The van der Waals surface area contributed by atoms with E-state index in [-0.39, 0.29) is 10.6 Å². The average molecular weight is 412 g/mol. The van der Waals surface area contributed by atoms with Crippen molar-refractivity contribution in [2.75, 3.05) is 44.2 Å². The molecule has 1 aliphatic heterocycles. The molecule has 0 bridgehead atoms. The van der Waals surface area contributed by atoms with Gasteiger partial charge in [0, 0.05) is 26.2 Å². The second kappa shape index (κ2) is 8.90. The lowest BCUT2D eigenvalue weighted by molar-refractivity contribution is -0.141. The number of pyridine rings is 1. The summed E-state index contributed by atoms with van der Waals surface area (Å²) in [6, 6.07) is 1.73. The molecule has 0 aliphatic carbocycles. The fraction of sp³-hybridized carbons (Fsp3) is 0.688. The lowest BCUT2D eigenvalue weighted by atomic mass is 10.3. The van der Waals surface area contributed by atoms with Gasteiger partial charge in [0.2, 0.25) is 10.0 Å². The Balaban J connectivity index is 2.01. The van der Waals surface area contributed by atoms with Gasteiger partial charge in [-0.1, -0.05) is 6.92 Å². The molecule has 0 aromatic carbocycles. The number of thioether (sulfide) groups is 1. The number of nitrogens with zero attached hydrogens (tertiary/aromatic N) is 3. The van der Waals surface area contributed by atoms with E-state index in [0.717, 1.165) is 36.6 Å². The summed E-state index contributed by atoms with van der Waals surface area (Å²) in [6.45, 7) is 6.28. The Bertz CT molecular complexity index is 703. The van der Waals surface area contributed by atoms with E-state index in [0.29, 0.717) is 26.2 Å². The first kappa shape index (κ1) is 21.5. The summed E-state index contributed by atoms with van der Waals surface area (Å²) in [4.78, 5) is 5.50. The Kier molecular flexibility index (Phi) is 7.35. The summed E-state index contributed by atoms with van der Waals surface area (Å²) >= 11 is 1.88. The topological polar surface area (TPSA) is 53.5 Å². The van der Waals surface area contributed by atoms with Gasteiger partial charge in [-0.2, -0.15) is 29.2 Å². The summed E-state index contributed by atoms with van der Waals surface area (Å²) in [5.74, 6) is 2.18. The van der Waals surface area contributed by atoms with Gasteiger partial charge in [0.05, 0.1) is 5.69 Å². The highest BCUT2D eigenvalue weighted by Gasteiger charge is 2.35. The second-order valence-electron chi connectivity index (χ2n) is 6.07. The Morgan fingerprint density at radius 1 is 1.19 bits per heavy atom. The minimum Gasteiger partial charge on any atom is -0.301 e. The summed E-state index contributed by atoms with van der Waals surface area (Å²) in [5.41, 5.74) is -1.21. The molecule has 1 aliphatic rings. The number of sulfonamides is 1. The zero-order valence-corrected chi connectivity index (χ0v) is 16.6. The summed E-state index contributed by atoms with van der Waals surface area (Å²) in [7, 11) is -3.83. The van der Waals surface area contributed by atoms with Gasteiger partial charge in [-0.25, -0.2) is 13.4 Å². The van der Waals surface area contributed by atoms with Crippen LogP contribution in [0.3, 0.4) is 0 Å². The Morgan fingerprint density at radius 2 is 1.85 bits per heavy atom. The van der Waals surface area contributed by atoms with Crippen molar-refractivity contribution >= 4 is 21.8 Å². The van der Waals surface area contributed by atoms with Gasteiger partial charge in [-0.15, -0.1) is 0 Å². The van der Waals surface area contributed by atoms with E-state index in [1.54, 1.807) is 0 Å². The lowest BCUT2D eigenvalue weighted by Gasteiger charge is -2.34. The van der Waals surface area contributed by atoms with E-state index in [9.17, 15) is 21.6 Å². The van der Waals surface area contributed by atoms with Crippen molar-refractivity contribution in [3.63, 3.8) is 0 Å². The molecule has 2 heterocycles. The largest absolute Gasteiger partial charge is 0.433 e. The summed E-state index contributed by atoms with van der Waals surface area (Å²) in [6.07, 6.45) is -3.53. The van der Waals surface area contributed by atoms with Crippen LogP contribution in [0.5, 0.6) is 0 Å². The fourth-order valence-corrected chi connectivity index (χ4v) is 5.05. The second-order valence-corrected chi connectivity index (χ2v) is 9.37. The van der Waals surface area contributed by atoms with Crippen LogP contribution in [0.15, 0.2) is 17.0 Å². The molecule has 1 aromatic heterocycles. The van der Waals surface area contributed by atoms with Crippen LogP contribution in [-0.4, -0.2) is 66.8 Å². The van der Waals surface area contributed by atoms with Gasteiger partial charge in [-0.3, -0.25) is 0 Å². The molecular formula is C16H24F3N3O2S2. The monoisotopic (exact) mass is 411 g/mol. The molecule has 1 fully saturated rings. The molecule has 0 saturated carbocycles. The maximum atomic E-state index is 12.8. The smallest absolute Gasteiger partial charge is 0.301 e. The van der Waals surface area contributed by atoms with Gasteiger partial charge in [0.1, 0.15) is 10.6 Å². The third kappa shape index (κ3) is 5.34. The van der Waals surface area contributed by atoms with Crippen LogP contribution < -0.4 is 0 Å². The molecule has 1 saturated heterocycles. The van der Waals surface area contributed by atoms with Crippen LogP contribution in [0.2, 0.25) is 0 Å². The number of aryl methyl sites for hydroxylation is 1. The van der Waals surface area contributed by atoms with Crippen LogP contribution in [0, 0.1) is 6.92 Å². The van der Waals surface area contributed by atoms with Crippen LogP contribution in [0.4, 0.5) is 13.2 Å². The highest BCUT2D eigenvalue weighted by molar-refractivity contribution is 7.99. The normalized spacial score (nSPS) is 17.6. The minimum absolute atomic E-state index is 0.126. The molecule has 2 rings (SSSR count). The Labute approximate surface area is 157 Å². The molecule has 0 amide bonds. The number of aromatic nitrogens is 1. The summed E-state index contributed by atoms with van der Waals surface area (Å²) in [5, 5.41) is 0. The van der Waals surface area contributed by atoms with Gasteiger partial charge in [0.15, 0.2) is 0 Å². The number of alkyl halides is 3. The van der Waals surface area contributed by atoms with Crippen molar-refractivity contribution in [1.29, 1.82) is 0 Å². The van der Waals surface area contributed by atoms with Crippen LogP contribution in [0.25, 0.3) is 0 Å². The van der Waals surface area contributed by atoms with Crippen molar-refractivity contribution in [2.24, 2.45) is 0 Å². The fourth-order valence-electron chi connectivity index (χ4n) is 2.85. The molecule has 0 radical (unpaired) electrons. The molecule has 1 aromatic rings. The van der Waals surface area contributed by atoms with Crippen molar-refractivity contribution < 1.29 is 21.6 Å². The number of piperazine rings is 1. The van der Waals surface area contributed by atoms with E-state index in [1.807, 2.05) is 11.8 Å². The van der Waals surface area contributed by atoms with Crippen molar-refractivity contribution in [1.82, 2.24) is 14.2 Å². The predicted octanol–water partition coefficient (Wildman–Crippen LogP) is 2.86. The highest BCUT2D eigenvalue weighted by Crippen LogP contribution is 2.29. The Hall–Kier alpha value is -0.840. The first-order valence-corrected chi connectivity index (χ1v) is 11.1. The van der Waals surface area contributed by atoms with Crippen LogP contribution >= 0.6 is 11.8 Å². The maximum absolute atomic E-state index is 12.8. The van der Waals surface area contributed by atoms with Gasteiger partial charge >= 0.3 is 6.18 Å². The van der Waals surface area contributed by atoms with E-state index >= 15 is 0 Å². The molecular weight excluding hydrogens is 387 g/mol. The summed E-state index contributed by atoms with van der Waals surface area (Å²) < 4.78 is 65.0. The number of halogens is 3. The molecule has 5 nitrogen and oxygen atoms in total. The Morgan fingerprint density at radius 3 is 2.38 bits per heavy atom. The van der Waals surface area contributed by atoms with E-state index in [1.165, 1.54) is 11.2 Å². The number of rotatable bonds is 7. The molecule has 26 heavy (non-hydrogen) atoms. The highest BCUT2D eigenvalue weighted by atomic mass is 32.2. The zero-order chi connectivity index (χ0) is 19.4. The zero-order valence-electron chi connectivity index (χ0n) is 14.9. The molecule has 0 N–H and O–H groups in total. The maximum Gasteiger partial charge on any atom is 0.433 e. The van der Waals surface area contributed by atoms with E-state index in [4.69, 9.17) is 0 Å². The van der Waals surface area contributed by atoms with Crippen LogP contribution in [0.1, 0.15) is 24.7 Å². The molecule has 10 heteroatoms. The minimum atomic E-state index is -4.59.